The zero-order valence-corrected chi connectivity index (χ0v) is 17.3. The SMILES string of the molecule is O=S1C(SC2CCCC2)=C2C=NC(Cc3ccccc3)CC2=C1c1ccn[nH]1. The molecule has 0 spiro atoms. The first kappa shape index (κ1) is 18.1. The lowest BCUT2D eigenvalue weighted by molar-refractivity contribution is 0.663. The molecule has 0 radical (unpaired) electrons. The topological polar surface area (TPSA) is 58.1 Å². The Morgan fingerprint density at radius 2 is 1.96 bits per heavy atom. The van der Waals surface area contributed by atoms with Crippen LogP contribution in [0.3, 0.4) is 0 Å². The molecule has 4 nitrogen and oxygen atoms in total. The molecule has 2 aliphatic heterocycles. The second-order valence-electron chi connectivity index (χ2n) is 7.60. The molecule has 0 bridgehead atoms. The maximum Gasteiger partial charge on any atom is 0.0946 e. The van der Waals surface area contributed by atoms with Gasteiger partial charge in [0.05, 0.1) is 31.7 Å². The zero-order valence-electron chi connectivity index (χ0n) is 15.6. The molecule has 144 valence electrons. The van der Waals surface area contributed by atoms with Crippen molar-refractivity contribution in [1.82, 2.24) is 10.2 Å². The lowest BCUT2D eigenvalue weighted by Gasteiger charge is -2.20. The number of hydrogen-bond acceptors (Lipinski definition) is 4. The number of nitrogens with one attached hydrogen (secondary N) is 1. The molecule has 1 fully saturated rings. The molecule has 0 saturated heterocycles. The fourth-order valence-electron chi connectivity index (χ4n) is 4.27. The number of aromatic amines is 1. The lowest BCUT2D eigenvalue weighted by Crippen LogP contribution is -2.16. The highest BCUT2D eigenvalue weighted by atomic mass is 32.2. The molecule has 2 unspecified atom stereocenters. The van der Waals surface area contributed by atoms with Crippen LogP contribution < -0.4 is 0 Å². The van der Waals surface area contributed by atoms with Gasteiger partial charge in [0.2, 0.25) is 0 Å². The van der Waals surface area contributed by atoms with Crippen LogP contribution in [0.15, 0.2) is 63.0 Å². The molecular weight excluding hydrogens is 386 g/mol. The summed E-state index contributed by atoms with van der Waals surface area (Å²) in [6, 6.07) is 12.6. The first-order valence-corrected chi connectivity index (χ1v) is 12.0. The lowest BCUT2D eigenvalue weighted by atomic mass is 9.92. The molecule has 28 heavy (non-hydrogen) atoms. The summed E-state index contributed by atoms with van der Waals surface area (Å²) in [7, 11) is -1.15. The van der Waals surface area contributed by atoms with E-state index in [0.29, 0.717) is 5.25 Å². The second kappa shape index (κ2) is 7.84. The smallest absolute Gasteiger partial charge is 0.0946 e. The Morgan fingerprint density at radius 1 is 1.14 bits per heavy atom. The number of H-pyrrole nitrogens is 1. The van der Waals surface area contributed by atoms with E-state index in [4.69, 9.17) is 4.99 Å². The summed E-state index contributed by atoms with van der Waals surface area (Å²) in [6.45, 7) is 0. The first-order chi connectivity index (χ1) is 13.8. The Kier molecular flexibility index (Phi) is 5.07. The van der Waals surface area contributed by atoms with Crippen LogP contribution in [0.2, 0.25) is 0 Å². The van der Waals surface area contributed by atoms with E-state index >= 15 is 0 Å². The van der Waals surface area contributed by atoms with Gasteiger partial charge < -0.3 is 0 Å². The van der Waals surface area contributed by atoms with Crippen LogP contribution in [0.25, 0.3) is 4.91 Å². The van der Waals surface area contributed by atoms with Crippen molar-refractivity contribution in [2.24, 2.45) is 4.99 Å². The third-order valence-corrected chi connectivity index (χ3v) is 9.04. The fraction of sp³-hybridized carbons (Fsp3) is 0.364. The number of aromatic nitrogens is 2. The van der Waals surface area contributed by atoms with Gasteiger partial charge in [0.25, 0.3) is 0 Å². The summed E-state index contributed by atoms with van der Waals surface area (Å²) in [4.78, 5) is 5.77. The molecule has 2 aromatic rings. The van der Waals surface area contributed by atoms with Gasteiger partial charge in [-0.2, -0.15) is 5.10 Å². The van der Waals surface area contributed by atoms with Gasteiger partial charge in [-0.1, -0.05) is 43.2 Å². The van der Waals surface area contributed by atoms with Crippen LogP contribution in [-0.2, 0) is 17.2 Å². The number of thioether (sulfide) groups is 1. The Hall–Kier alpha value is -1.92. The van der Waals surface area contributed by atoms with E-state index in [1.165, 1.54) is 36.8 Å². The molecule has 6 heteroatoms. The molecule has 3 heterocycles. The van der Waals surface area contributed by atoms with E-state index in [1.54, 1.807) is 6.20 Å². The van der Waals surface area contributed by atoms with Crippen LogP contribution >= 0.6 is 11.8 Å². The predicted octanol–water partition coefficient (Wildman–Crippen LogP) is 4.86. The van der Waals surface area contributed by atoms with Gasteiger partial charge in [0, 0.05) is 23.2 Å². The van der Waals surface area contributed by atoms with Gasteiger partial charge in [-0.25, -0.2) is 4.21 Å². The molecule has 1 saturated carbocycles. The number of hydrogen-bond donors (Lipinski definition) is 1. The van der Waals surface area contributed by atoms with Crippen molar-refractivity contribution in [1.29, 1.82) is 0 Å². The number of fused-ring (bicyclic) bond motifs is 1. The maximum atomic E-state index is 13.5. The zero-order chi connectivity index (χ0) is 18.9. The van der Waals surface area contributed by atoms with Gasteiger partial charge >= 0.3 is 0 Å². The summed E-state index contributed by atoms with van der Waals surface area (Å²) < 4.78 is 14.5. The number of aliphatic imine (C=N–C) groups is 1. The number of rotatable bonds is 5. The molecule has 1 aromatic carbocycles. The molecule has 5 rings (SSSR count). The van der Waals surface area contributed by atoms with E-state index in [-0.39, 0.29) is 6.04 Å². The van der Waals surface area contributed by atoms with E-state index < -0.39 is 10.8 Å². The molecule has 2 atom stereocenters. The van der Waals surface area contributed by atoms with E-state index in [0.717, 1.165) is 33.3 Å². The summed E-state index contributed by atoms with van der Waals surface area (Å²) in [6.07, 6.45) is 10.5. The standard InChI is InChI=1S/C22H23N3OS2/c26-28-21(20-10-11-24-25-20)18-13-16(12-15-6-2-1-3-7-15)23-14-19(18)22(28)27-17-8-4-5-9-17/h1-3,6-7,10-11,14,16-17H,4-5,8-9,12-13H2,(H,24,25). The molecular formula is C22H23N3OS2. The first-order valence-electron chi connectivity index (χ1n) is 9.92. The Bertz CT molecular complexity index is 970. The highest BCUT2D eigenvalue weighted by molar-refractivity contribution is 8.20. The van der Waals surface area contributed by atoms with Crippen molar-refractivity contribution in [3.05, 3.63) is 69.2 Å². The van der Waals surface area contributed by atoms with Gasteiger partial charge in [-0.15, -0.1) is 11.8 Å². The highest BCUT2D eigenvalue weighted by Gasteiger charge is 2.37. The van der Waals surface area contributed by atoms with Crippen LogP contribution in [0.4, 0.5) is 0 Å². The minimum atomic E-state index is -1.15. The van der Waals surface area contributed by atoms with Crippen molar-refractivity contribution in [2.75, 3.05) is 0 Å². The average molecular weight is 410 g/mol. The van der Waals surface area contributed by atoms with Crippen LogP contribution in [-0.4, -0.2) is 31.9 Å². The van der Waals surface area contributed by atoms with Crippen molar-refractivity contribution >= 4 is 33.7 Å². The number of benzene rings is 1. The summed E-state index contributed by atoms with van der Waals surface area (Å²) in [5.74, 6) is 0. The van der Waals surface area contributed by atoms with Crippen molar-refractivity contribution in [3.63, 3.8) is 0 Å². The van der Waals surface area contributed by atoms with Gasteiger partial charge in [0.15, 0.2) is 0 Å². The van der Waals surface area contributed by atoms with Crippen molar-refractivity contribution < 1.29 is 4.21 Å². The molecule has 3 aliphatic rings. The summed E-state index contributed by atoms with van der Waals surface area (Å²) in [5.41, 5.74) is 4.46. The van der Waals surface area contributed by atoms with E-state index in [1.807, 2.05) is 30.1 Å². The fourth-order valence-corrected chi connectivity index (χ4v) is 7.75. The number of allylic oxidation sites excluding steroid dienone is 1. The Morgan fingerprint density at radius 3 is 2.71 bits per heavy atom. The van der Waals surface area contributed by atoms with Crippen LogP contribution in [0, 0.1) is 0 Å². The Labute approximate surface area is 172 Å². The quantitative estimate of drug-likeness (QED) is 0.767. The van der Waals surface area contributed by atoms with Crippen molar-refractivity contribution in [2.45, 2.75) is 49.8 Å². The number of nitrogens with zero attached hydrogens (tertiary/aromatic N) is 2. The normalized spacial score (nSPS) is 25.0. The van der Waals surface area contributed by atoms with Crippen molar-refractivity contribution in [3.8, 4) is 0 Å². The average Bonchev–Trinajstić information content (AvgIpc) is 3.45. The molecule has 1 N–H and O–H groups in total. The third-order valence-electron chi connectivity index (χ3n) is 5.66. The van der Waals surface area contributed by atoms with E-state index in [9.17, 15) is 4.21 Å². The molecule has 0 amide bonds. The maximum absolute atomic E-state index is 13.5. The molecule has 1 aliphatic carbocycles. The van der Waals surface area contributed by atoms with E-state index in [2.05, 4.69) is 34.5 Å². The second-order valence-corrected chi connectivity index (χ2v) is 10.5. The summed E-state index contributed by atoms with van der Waals surface area (Å²) in [5, 5.41) is 7.73. The molecule has 1 aromatic heterocycles. The highest BCUT2D eigenvalue weighted by Crippen LogP contribution is 2.48. The van der Waals surface area contributed by atoms with Crippen LogP contribution in [0.5, 0.6) is 0 Å². The van der Waals surface area contributed by atoms with Gasteiger partial charge in [-0.3, -0.25) is 10.1 Å². The monoisotopic (exact) mass is 409 g/mol. The van der Waals surface area contributed by atoms with Crippen LogP contribution in [0.1, 0.15) is 43.4 Å². The predicted molar refractivity (Wildman–Crippen MR) is 118 cm³/mol. The minimum Gasteiger partial charge on any atom is -0.288 e. The third kappa shape index (κ3) is 3.44. The minimum absolute atomic E-state index is 0.187. The Balaban J connectivity index is 1.49. The van der Waals surface area contributed by atoms with Gasteiger partial charge in [-0.05, 0) is 42.9 Å². The summed E-state index contributed by atoms with van der Waals surface area (Å²) >= 11 is 1.83. The largest absolute Gasteiger partial charge is 0.288 e. The van der Waals surface area contributed by atoms with Gasteiger partial charge in [0.1, 0.15) is 0 Å².